The van der Waals surface area contributed by atoms with Gasteiger partial charge in [0.25, 0.3) is 0 Å². The number of nitrogens with two attached hydrogens (primary N) is 1. The topological polar surface area (TPSA) is 63.8 Å². The Labute approximate surface area is 88.2 Å². The fraction of sp³-hybridized carbons (Fsp3) is 0.0909. The van der Waals surface area contributed by atoms with Crippen molar-refractivity contribution in [2.24, 2.45) is 5.84 Å². The van der Waals surface area contributed by atoms with Crippen LogP contribution in [0.15, 0.2) is 48.8 Å². The third-order valence-electron chi connectivity index (χ3n) is 2.13. The number of rotatable bonds is 3. The SMILES string of the molecule is NNC(c1ccccn1)c1ccccn1. The van der Waals surface area contributed by atoms with Crippen LogP contribution in [0.4, 0.5) is 0 Å². The second-order valence-corrected chi connectivity index (χ2v) is 3.11. The Kier molecular flexibility index (Phi) is 3.02. The lowest BCUT2D eigenvalue weighted by molar-refractivity contribution is 0.605. The summed E-state index contributed by atoms with van der Waals surface area (Å²) in [7, 11) is 0. The van der Waals surface area contributed by atoms with Crippen LogP contribution < -0.4 is 11.3 Å². The van der Waals surface area contributed by atoms with Gasteiger partial charge in [-0.25, -0.2) is 5.43 Å². The number of pyridine rings is 2. The van der Waals surface area contributed by atoms with E-state index in [2.05, 4.69) is 15.4 Å². The van der Waals surface area contributed by atoms with E-state index in [0.29, 0.717) is 0 Å². The third kappa shape index (κ3) is 2.18. The lowest BCUT2D eigenvalue weighted by Gasteiger charge is -2.13. The van der Waals surface area contributed by atoms with Gasteiger partial charge in [-0.15, -0.1) is 0 Å². The molecule has 0 unspecified atom stereocenters. The van der Waals surface area contributed by atoms with E-state index in [1.807, 2.05) is 36.4 Å². The molecule has 0 aliphatic heterocycles. The minimum Gasteiger partial charge on any atom is -0.270 e. The van der Waals surface area contributed by atoms with Gasteiger partial charge in [-0.3, -0.25) is 15.8 Å². The molecule has 0 fully saturated rings. The Balaban J connectivity index is 2.34. The number of hydrogen-bond donors (Lipinski definition) is 2. The van der Waals surface area contributed by atoms with Gasteiger partial charge in [-0.1, -0.05) is 12.1 Å². The van der Waals surface area contributed by atoms with Gasteiger partial charge in [0.2, 0.25) is 0 Å². The summed E-state index contributed by atoms with van der Waals surface area (Å²) >= 11 is 0. The fourth-order valence-electron chi connectivity index (χ4n) is 1.42. The van der Waals surface area contributed by atoms with E-state index in [1.165, 1.54) is 0 Å². The van der Waals surface area contributed by atoms with E-state index in [9.17, 15) is 0 Å². The van der Waals surface area contributed by atoms with Crippen LogP contribution >= 0.6 is 0 Å². The summed E-state index contributed by atoms with van der Waals surface area (Å²) in [5.74, 6) is 5.51. The first-order chi connectivity index (χ1) is 7.42. The van der Waals surface area contributed by atoms with E-state index in [0.717, 1.165) is 11.4 Å². The molecule has 0 bridgehead atoms. The Morgan fingerprint density at radius 2 is 1.47 bits per heavy atom. The smallest absolute Gasteiger partial charge is 0.105 e. The molecule has 0 spiro atoms. The Morgan fingerprint density at radius 3 is 1.80 bits per heavy atom. The molecule has 4 heteroatoms. The molecule has 0 atom stereocenters. The van der Waals surface area contributed by atoms with Crippen LogP contribution in [0.2, 0.25) is 0 Å². The monoisotopic (exact) mass is 200 g/mol. The second kappa shape index (κ2) is 4.63. The number of nitrogens with one attached hydrogen (secondary N) is 1. The van der Waals surface area contributed by atoms with Gasteiger partial charge in [0.1, 0.15) is 6.04 Å². The zero-order valence-electron chi connectivity index (χ0n) is 8.17. The average Bonchev–Trinajstić information content (AvgIpc) is 2.33. The van der Waals surface area contributed by atoms with Gasteiger partial charge in [-0.05, 0) is 24.3 Å². The van der Waals surface area contributed by atoms with E-state index >= 15 is 0 Å². The highest BCUT2D eigenvalue weighted by Crippen LogP contribution is 2.15. The van der Waals surface area contributed by atoms with Crippen LogP contribution in [-0.4, -0.2) is 9.97 Å². The first-order valence-corrected chi connectivity index (χ1v) is 4.70. The predicted octanol–water partition coefficient (Wildman–Crippen LogP) is 1.03. The van der Waals surface area contributed by atoms with Gasteiger partial charge in [0, 0.05) is 12.4 Å². The molecule has 0 aliphatic carbocycles. The van der Waals surface area contributed by atoms with Gasteiger partial charge in [-0.2, -0.15) is 0 Å². The minimum absolute atomic E-state index is 0.160. The van der Waals surface area contributed by atoms with Crippen LogP contribution in [0.1, 0.15) is 17.4 Å². The van der Waals surface area contributed by atoms with Crippen LogP contribution in [0.25, 0.3) is 0 Å². The molecule has 76 valence electrons. The Hall–Kier alpha value is -1.78. The van der Waals surface area contributed by atoms with Crippen molar-refractivity contribution in [2.75, 3.05) is 0 Å². The van der Waals surface area contributed by atoms with Crippen LogP contribution in [-0.2, 0) is 0 Å². The summed E-state index contributed by atoms with van der Waals surface area (Å²) in [5.41, 5.74) is 4.43. The van der Waals surface area contributed by atoms with Crippen molar-refractivity contribution in [3.63, 3.8) is 0 Å². The average molecular weight is 200 g/mol. The van der Waals surface area contributed by atoms with E-state index in [4.69, 9.17) is 5.84 Å². The summed E-state index contributed by atoms with van der Waals surface area (Å²) < 4.78 is 0. The first-order valence-electron chi connectivity index (χ1n) is 4.70. The largest absolute Gasteiger partial charge is 0.270 e. The van der Waals surface area contributed by atoms with Gasteiger partial charge < -0.3 is 0 Å². The van der Waals surface area contributed by atoms with Crippen molar-refractivity contribution in [3.05, 3.63) is 60.2 Å². The number of hydrogen-bond acceptors (Lipinski definition) is 4. The highest BCUT2D eigenvalue weighted by Gasteiger charge is 2.13. The van der Waals surface area contributed by atoms with E-state index in [1.54, 1.807) is 12.4 Å². The predicted molar refractivity (Wildman–Crippen MR) is 57.6 cm³/mol. The quantitative estimate of drug-likeness (QED) is 0.573. The number of nitrogens with zero attached hydrogens (tertiary/aromatic N) is 2. The van der Waals surface area contributed by atoms with Crippen molar-refractivity contribution in [2.45, 2.75) is 6.04 Å². The highest BCUT2D eigenvalue weighted by molar-refractivity contribution is 5.21. The number of aromatic nitrogens is 2. The lowest BCUT2D eigenvalue weighted by Crippen LogP contribution is -2.30. The zero-order valence-corrected chi connectivity index (χ0v) is 8.17. The molecule has 0 aromatic carbocycles. The minimum atomic E-state index is -0.160. The maximum Gasteiger partial charge on any atom is 0.105 e. The molecule has 0 saturated carbocycles. The van der Waals surface area contributed by atoms with Crippen molar-refractivity contribution < 1.29 is 0 Å². The Morgan fingerprint density at radius 1 is 0.933 bits per heavy atom. The summed E-state index contributed by atoms with van der Waals surface area (Å²) in [6.45, 7) is 0. The van der Waals surface area contributed by atoms with Crippen molar-refractivity contribution in [3.8, 4) is 0 Å². The summed E-state index contributed by atoms with van der Waals surface area (Å²) in [6.07, 6.45) is 3.48. The molecule has 2 heterocycles. The van der Waals surface area contributed by atoms with Gasteiger partial charge in [0.05, 0.1) is 11.4 Å². The van der Waals surface area contributed by atoms with E-state index in [-0.39, 0.29) is 6.04 Å². The normalized spacial score (nSPS) is 10.5. The molecule has 0 amide bonds. The van der Waals surface area contributed by atoms with Crippen LogP contribution in [0.3, 0.4) is 0 Å². The Bertz CT molecular complexity index is 362. The lowest BCUT2D eigenvalue weighted by atomic mass is 10.1. The van der Waals surface area contributed by atoms with E-state index < -0.39 is 0 Å². The molecule has 3 N–H and O–H groups in total. The summed E-state index contributed by atoms with van der Waals surface area (Å²) in [4.78, 5) is 8.49. The molecule has 0 aliphatic rings. The van der Waals surface area contributed by atoms with Crippen molar-refractivity contribution in [1.29, 1.82) is 0 Å². The highest BCUT2D eigenvalue weighted by atomic mass is 15.2. The van der Waals surface area contributed by atoms with Crippen molar-refractivity contribution >= 4 is 0 Å². The molecule has 2 rings (SSSR count). The molecule has 0 saturated heterocycles. The maximum absolute atomic E-state index is 5.51. The standard InChI is InChI=1S/C11H12N4/c12-15-11(9-5-1-3-7-13-9)10-6-2-4-8-14-10/h1-8,11,15H,12H2. The molecule has 0 radical (unpaired) electrons. The van der Waals surface area contributed by atoms with Gasteiger partial charge >= 0.3 is 0 Å². The molecule has 2 aromatic heterocycles. The zero-order chi connectivity index (χ0) is 10.5. The molecule has 4 nitrogen and oxygen atoms in total. The molecular weight excluding hydrogens is 188 g/mol. The molecule has 2 aromatic rings. The van der Waals surface area contributed by atoms with Crippen LogP contribution in [0.5, 0.6) is 0 Å². The van der Waals surface area contributed by atoms with Crippen molar-refractivity contribution in [1.82, 2.24) is 15.4 Å². The summed E-state index contributed by atoms with van der Waals surface area (Å²) in [5, 5.41) is 0. The number of hydrazine groups is 1. The van der Waals surface area contributed by atoms with Gasteiger partial charge in [0.15, 0.2) is 0 Å². The molecule has 15 heavy (non-hydrogen) atoms. The summed E-state index contributed by atoms with van der Waals surface area (Å²) in [6, 6.07) is 11.3. The first kappa shape index (κ1) is 9.76. The van der Waals surface area contributed by atoms with Crippen LogP contribution in [0, 0.1) is 0 Å². The third-order valence-corrected chi connectivity index (χ3v) is 2.13. The fourth-order valence-corrected chi connectivity index (χ4v) is 1.42. The maximum atomic E-state index is 5.51. The second-order valence-electron chi connectivity index (χ2n) is 3.11. The molecular formula is C11H12N4.